The summed E-state index contributed by atoms with van der Waals surface area (Å²) < 4.78 is 24.1. The normalized spacial score (nSPS) is 28.7. The monoisotopic (exact) mass is 419 g/mol. The first-order valence-corrected chi connectivity index (χ1v) is 9.98. The maximum atomic E-state index is 11.5. The highest BCUT2D eigenvalue weighted by molar-refractivity contribution is 5.87. The zero-order chi connectivity index (χ0) is 21.9. The van der Waals surface area contributed by atoms with Gasteiger partial charge >= 0.3 is 5.97 Å². The van der Waals surface area contributed by atoms with Crippen LogP contribution in [-0.4, -0.2) is 53.3 Å². The van der Waals surface area contributed by atoms with Crippen LogP contribution in [0.3, 0.4) is 0 Å². The molecule has 0 bridgehead atoms. The van der Waals surface area contributed by atoms with Gasteiger partial charge in [-0.3, -0.25) is 9.59 Å². The van der Waals surface area contributed by atoms with E-state index in [4.69, 9.17) is 18.9 Å². The molecule has 5 atom stereocenters. The highest BCUT2D eigenvalue weighted by Crippen LogP contribution is 2.40. The van der Waals surface area contributed by atoms with Crippen molar-refractivity contribution in [2.45, 2.75) is 77.2 Å². The number of nitrogens with one attached hydrogen (secondary N) is 1. The summed E-state index contributed by atoms with van der Waals surface area (Å²) in [5.41, 5.74) is 1.53. The van der Waals surface area contributed by atoms with E-state index in [0.717, 1.165) is 5.56 Å². The van der Waals surface area contributed by atoms with Crippen molar-refractivity contribution in [3.8, 4) is 0 Å². The third-order valence-electron chi connectivity index (χ3n) is 4.94. The molecule has 2 fully saturated rings. The largest absolute Gasteiger partial charge is 0.481 e. The van der Waals surface area contributed by atoms with Crippen LogP contribution in [0.15, 0.2) is 42.1 Å². The average molecular weight is 419 g/mol. The number of carboxylic acid groups (broad SMARTS) is 1. The Kier molecular flexibility index (Phi) is 6.92. The third kappa shape index (κ3) is 5.66. The fourth-order valence-corrected chi connectivity index (χ4v) is 3.86. The van der Waals surface area contributed by atoms with Crippen molar-refractivity contribution >= 4 is 11.8 Å². The third-order valence-corrected chi connectivity index (χ3v) is 4.94. The topological polar surface area (TPSA) is 103 Å². The van der Waals surface area contributed by atoms with Crippen LogP contribution in [-0.2, 0) is 35.1 Å². The number of benzene rings is 1. The molecule has 164 valence electrons. The van der Waals surface area contributed by atoms with Gasteiger partial charge in [-0.1, -0.05) is 30.3 Å². The first-order chi connectivity index (χ1) is 14.1. The number of carboxylic acids is 1. The van der Waals surface area contributed by atoms with E-state index in [-0.39, 0.29) is 12.2 Å². The zero-order valence-corrected chi connectivity index (χ0v) is 17.7. The van der Waals surface area contributed by atoms with Crippen molar-refractivity contribution in [2.24, 2.45) is 0 Å². The van der Waals surface area contributed by atoms with Crippen molar-refractivity contribution < 1.29 is 33.6 Å². The standard InChI is InChI=1S/C22H29NO7/c1-13(10-14(2)24)23-16(11-17(25)26)18-19(27-12-15-8-6-5-7-9-15)20-21(28-18)30-22(3,4)29-20/h5-10,16,18-21,23H,11-12H2,1-4H3,(H,25,26)/b13-10-/t16?,18?,19-,20+,21+/m0/s1. The molecule has 2 aliphatic heterocycles. The maximum absolute atomic E-state index is 11.5. The minimum atomic E-state index is -0.993. The lowest BCUT2D eigenvalue weighted by atomic mass is 10.00. The van der Waals surface area contributed by atoms with Gasteiger partial charge in [0.05, 0.1) is 19.1 Å². The fraction of sp³-hybridized carbons (Fsp3) is 0.545. The molecule has 2 N–H and O–H groups in total. The molecule has 30 heavy (non-hydrogen) atoms. The Balaban J connectivity index is 1.82. The first-order valence-electron chi connectivity index (χ1n) is 9.98. The molecule has 0 saturated carbocycles. The second-order valence-electron chi connectivity index (χ2n) is 8.12. The minimum Gasteiger partial charge on any atom is -0.481 e. The lowest BCUT2D eigenvalue weighted by molar-refractivity contribution is -0.222. The predicted molar refractivity (Wildman–Crippen MR) is 107 cm³/mol. The molecule has 2 unspecified atom stereocenters. The molecule has 2 aliphatic rings. The van der Waals surface area contributed by atoms with Crippen LogP contribution in [0.1, 0.15) is 39.7 Å². The summed E-state index contributed by atoms with van der Waals surface area (Å²) in [6, 6.07) is 9.03. The van der Waals surface area contributed by atoms with Crippen LogP contribution in [0.5, 0.6) is 0 Å². The van der Waals surface area contributed by atoms with Crippen LogP contribution in [0, 0.1) is 0 Å². The summed E-state index contributed by atoms with van der Waals surface area (Å²) in [5, 5.41) is 12.5. The van der Waals surface area contributed by atoms with E-state index in [2.05, 4.69) is 5.32 Å². The average Bonchev–Trinajstić information content (AvgIpc) is 3.11. The first kappa shape index (κ1) is 22.4. The molecule has 0 spiro atoms. The van der Waals surface area contributed by atoms with Crippen LogP contribution in [0.4, 0.5) is 0 Å². The van der Waals surface area contributed by atoms with Crippen LogP contribution >= 0.6 is 0 Å². The van der Waals surface area contributed by atoms with Crippen LogP contribution in [0.25, 0.3) is 0 Å². The van der Waals surface area contributed by atoms with Gasteiger partial charge in [-0.2, -0.15) is 0 Å². The van der Waals surface area contributed by atoms with Gasteiger partial charge in [0.1, 0.15) is 18.3 Å². The molecule has 0 amide bonds. The Morgan fingerprint density at radius 2 is 1.93 bits per heavy atom. The number of rotatable bonds is 9. The number of ketones is 1. The lowest BCUT2D eigenvalue weighted by Crippen LogP contribution is -2.49. The van der Waals surface area contributed by atoms with Gasteiger partial charge in [0.15, 0.2) is 17.9 Å². The number of fused-ring (bicyclic) bond motifs is 1. The van der Waals surface area contributed by atoms with Gasteiger partial charge in [-0.15, -0.1) is 0 Å². The lowest BCUT2D eigenvalue weighted by Gasteiger charge is -2.31. The van der Waals surface area contributed by atoms with Gasteiger partial charge in [0, 0.05) is 5.70 Å². The number of carbonyl (C=O) groups is 2. The van der Waals surface area contributed by atoms with Crippen LogP contribution < -0.4 is 5.32 Å². The zero-order valence-electron chi connectivity index (χ0n) is 17.7. The molecule has 3 rings (SSSR count). The molecule has 2 heterocycles. The summed E-state index contributed by atoms with van der Waals surface area (Å²) in [5.74, 6) is -1.95. The van der Waals surface area contributed by atoms with Gasteiger partial charge in [0.2, 0.25) is 0 Å². The van der Waals surface area contributed by atoms with E-state index in [1.54, 1.807) is 20.8 Å². The number of hydrogen-bond donors (Lipinski definition) is 2. The second-order valence-corrected chi connectivity index (χ2v) is 8.12. The minimum absolute atomic E-state index is 0.136. The highest BCUT2D eigenvalue weighted by atomic mass is 16.8. The molecule has 0 aromatic heterocycles. The summed E-state index contributed by atoms with van der Waals surface area (Å²) in [6.07, 6.45) is -1.17. The Hall–Kier alpha value is -2.26. The van der Waals surface area contributed by atoms with E-state index < -0.39 is 42.4 Å². The summed E-state index contributed by atoms with van der Waals surface area (Å²) in [4.78, 5) is 22.9. The van der Waals surface area contributed by atoms with Crippen molar-refractivity contribution in [1.29, 1.82) is 0 Å². The summed E-state index contributed by atoms with van der Waals surface area (Å²) in [7, 11) is 0. The van der Waals surface area contributed by atoms with E-state index in [1.165, 1.54) is 13.0 Å². The fourth-order valence-electron chi connectivity index (χ4n) is 3.86. The van der Waals surface area contributed by atoms with Crippen molar-refractivity contribution in [1.82, 2.24) is 5.32 Å². The van der Waals surface area contributed by atoms with Gasteiger partial charge in [-0.05, 0) is 39.3 Å². The Labute approximate surface area is 176 Å². The molecular weight excluding hydrogens is 390 g/mol. The Morgan fingerprint density at radius 3 is 2.57 bits per heavy atom. The molecule has 0 radical (unpaired) electrons. The Bertz CT molecular complexity index is 792. The quantitative estimate of drug-likeness (QED) is 0.588. The molecule has 1 aromatic rings. The van der Waals surface area contributed by atoms with Gasteiger partial charge < -0.3 is 29.4 Å². The molecule has 0 aliphatic carbocycles. The summed E-state index contributed by atoms with van der Waals surface area (Å²) >= 11 is 0. The number of hydrogen-bond acceptors (Lipinski definition) is 7. The van der Waals surface area contributed by atoms with Crippen LogP contribution in [0.2, 0.25) is 0 Å². The maximum Gasteiger partial charge on any atom is 0.305 e. The summed E-state index contributed by atoms with van der Waals surface area (Å²) in [6.45, 7) is 7.06. The second kappa shape index (κ2) is 9.26. The van der Waals surface area contributed by atoms with Crippen molar-refractivity contribution in [3.63, 3.8) is 0 Å². The van der Waals surface area contributed by atoms with E-state index in [1.807, 2.05) is 30.3 Å². The number of aliphatic carboxylic acids is 1. The van der Waals surface area contributed by atoms with Crippen molar-refractivity contribution in [2.75, 3.05) is 0 Å². The number of allylic oxidation sites excluding steroid dienone is 2. The molecule has 1 aromatic carbocycles. The number of ether oxygens (including phenoxy) is 4. The predicted octanol–water partition coefficient (Wildman–Crippen LogP) is 2.37. The van der Waals surface area contributed by atoms with E-state index in [0.29, 0.717) is 12.3 Å². The van der Waals surface area contributed by atoms with Crippen molar-refractivity contribution in [3.05, 3.63) is 47.7 Å². The van der Waals surface area contributed by atoms with Gasteiger partial charge in [-0.25, -0.2) is 0 Å². The molecule has 8 nitrogen and oxygen atoms in total. The SMILES string of the molecule is CC(=O)/C=C(/C)NC(CC(=O)O)C1O[C@@H]2OC(C)(C)O[C@@H]2[C@H]1OCc1ccccc1. The number of carbonyl (C=O) groups excluding carboxylic acids is 1. The van der Waals surface area contributed by atoms with Gasteiger partial charge in [0.25, 0.3) is 0 Å². The van der Waals surface area contributed by atoms with E-state index in [9.17, 15) is 14.7 Å². The van der Waals surface area contributed by atoms with E-state index >= 15 is 0 Å². The smallest absolute Gasteiger partial charge is 0.305 e. The highest BCUT2D eigenvalue weighted by Gasteiger charge is 2.57. The molecule has 8 heteroatoms. The Morgan fingerprint density at radius 1 is 1.23 bits per heavy atom. The molecule has 2 saturated heterocycles. The molecular formula is C22H29NO7.